The number of piperazine rings is 1. The highest BCUT2D eigenvalue weighted by Crippen LogP contribution is 2.43. The van der Waals surface area contributed by atoms with Gasteiger partial charge in [0.1, 0.15) is 5.60 Å². The Morgan fingerprint density at radius 2 is 1.75 bits per heavy atom. The lowest BCUT2D eigenvalue weighted by Gasteiger charge is -2.40. The van der Waals surface area contributed by atoms with Gasteiger partial charge in [0.15, 0.2) is 0 Å². The van der Waals surface area contributed by atoms with Crippen molar-refractivity contribution >= 4 is 18.0 Å². The van der Waals surface area contributed by atoms with Crippen LogP contribution < -0.4 is 0 Å². The van der Waals surface area contributed by atoms with Crippen molar-refractivity contribution in [3.63, 3.8) is 0 Å². The molecule has 7 heteroatoms. The summed E-state index contributed by atoms with van der Waals surface area (Å²) in [5.41, 5.74) is 0.775. The minimum Gasteiger partial charge on any atom is -0.478 e. The van der Waals surface area contributed by atoms with Crippen LogP contribution in [0.25, 0.3) is 0 Å². The molecule has 1 aliphatic heterocycles. The third-order valence-electron chi connectivity index (χ3n) is 5.10. The number of ether oxygens (including phenoxy) is 1. The molecule has 152 valence electrons. The number of carbonyl (C=O) groups excluding carboxylic acids is 2. The van der Waals surface area contributed by atoms with Crippen molar-refractivity contribution in [2.75, 3.05) is 19.6 Å². The molecule has 1 aromatic rings. The highest BCUT2D eigenvalue weighted by molar-refractivity contribution is 6.00. The van der Waals surface area contributed by atoms with E-state index in [0.717, 1.165) is 12.8 Å². The van der Waals surface area contributed by atoms with Crippen LogP contribution in [0, 0.1) is 0 Å². The molecule has 0 radical (unpaired) electrons. The lowest BCUT2D eigenvalue weighted by Crippen LogP contribution is -2.56. The number of carboxylic acids is 1. The standard InChI is InChI=1S/C21H28N2O5/c1-13-12-22(10-11-23(13)20(27)28-21(2,3)4)18(24)15-6-5-7-16(19(25)26)17(15)14-8-9-14/h5-7,13-14H,8-12H2,1-4H3,(H,25,26). The van der Waals surface area contributed by atoms with Crippen LogP contribution >= 0.6 is 0 Å². The first-order valence-electron chi connectivity index (χ1n) is 9.73. The molecular formula is C21H28N2O5. The number of aromatic carboxylic acids is 1. The normalized spacial score (nSPS) is 20.1. The Labute approximate surface area is 165 Å². The molecule has 0 bridgehead atoms. The highest BCUT2D eigenvalue weighted by Gasteiger charge is 2.36. The first kappa shape index (κ1) is 20.2. The zero-order chi connectivity index (χ0) is 20.6. The van der Waals surface area contributed by atoms with Gasteiger partial charge in [0.05, 0.1) is 5.56 Å². The predicted molar refractivity (Wildman–Crippen MR) is 104 cm³/mol. The van der Waals surface area contributed by atoms with E-state index in [-0.39, 0.29) is 29.5 Å². The molecule has 1 atom stereocenters. The third kappa shape index (κ3) is 4.29. The molecule has 2 aliphatic rings. The number of amides is 2. The van der Waals surface area contributed by atoms with Crippen LogP contribution in [-0.4, -0.2) is 64.2 Å². The Bertz CT molecular complexity index is 794. The van der Waals surface area contributed by atoms with Crippen molar-refractivity contribution in [3.8, 4) is 0 Å². The molecule has 2 amide bonds. The topological polar surface area (TPSA) is 87.2 Å². The van der Waals surface area contributed by atoms with Crippen LogP contribution in [0.5, 0.6) is 0 Å². The summed E-state index contributed by atoms with van der Waals surface area (Å²) in [4.78, 5) is 40.5. The Morgan fingerprint density at radius 1 is 1.11 bits per heavy atom. The lowest BCUT2D eigenvalue weighted by molar-refractivity contribution is 0.00195. The molecule has 1 N–H and O–H groups in total. The summed E-state index contributed by atoms with van der Waals surface area (Å²) in [6.07, 6.45) is 1.44. The zero-order valence-corrected chi connectivity index (χ0v) is 16.9. The molecule has 1 saturated carbocycles. The number of hydrogen-bond donors (Lipinski definition) is 1. The van der Waals surface area contributed by atoms with E-state index in [0.29, 0.717) is 30.8 Å². The molecule has 1 aromatic carbocycles. The van der Waals surface area contributed by atoms with E-state index in [2.05, 4.69) is 0 Å². The van der Waals surface area contributed by atoms with Crippen LogP contribution in [-0.2, 0) is 4.74 Å². The first-order chi connectivity index (χ1) is 13.1. The maximum atomic E-state index is 13.2. The van der Waals surface area contributed by atoms with Crippen molar-refractivity contribution < 1.29 is 24.2 Å². The van der Waals surface area contributed by atoms with Gasteiger partial charge in [0.2, 0.25) is 0 Å². The molecule has 1 unspecified atom stereocenters. The van der Waals surface area contributed by atoms with Gasteiger partial charge in [-0.15, -0.1) is 0 Å². The number of rotatable bonds is 3. The molecule has 1 heterocycles. The highest BCUT2D eigenvalue weighted by atomic mass is 16.6. The number of carbonyl (C=O) groups is 3. The van der Waals surface area contributed by atoms with Crippen molar-refractivity contribution in [1.29, 1.82) is 0 Å². The summed E-state index contributed by atoms with van der Waals surface area (Å²) in [7, 11) is 0. The smallest absolute Gasteiger partial charge is 0.410 e. The van der Waals surface area contributed by atoms with Gasteiger partial charge in [-0.1, -0.05) is 6.07 Å². The second-order valence-corrected chi connectivity index (χ2v) is 8.62. The minimum atomic E-state index is -1.00. The zero-order valence-electron chi connectivity index (χ0n) is 16.9. The van der Waals surface area contributed by atoms with E-state index in [1.165, 1.54) is 0 Å². The van der Waals surface area contributed by atoms with Crippen LogP contribution in [0.1, 0.15) is 72.7 Å². The number of hydrogen-bond acceptors (Lipinski definition) is 4. The van der Waals surface area contributed by atoms with Crippen LogP contribution in [0.4, 0.5) is 4.79 Å². The quantitative estimate of drug-likeness (QED) is 0.858. The van der Waals surface area contributed by atoms with Crippen LogP contribution in [0.15, 0.2) is 18.2 Å². The average Bonchev–Trinajstić information content (AvgIpc) is 3.43. The van der Waals surface area contributed by atoms with Crippen LogP contribution in [0.2, 0.25) is 0 Å². The van der Waals surface area contributed by atoms with E-state index < -0.39 is 11.6 Å². The summed E-state index contributed by atoms with van der Waals surface area (Å²) < 4.78 is 5.45. The molecule has 2 fully saturated rings. The fourth-order valence-corrected chi connectivity index (χ4v) is 3.65. The van der Waals surface area contributed by atoms with Gasteiger partial charge in [-0.2, -0.15) is 0 Å². The Kier molecular flexibility index (Phi) is 5.37. The van der Waals surface area contributed by atoms with E-state index in [1.54, 1.807) is 28.0 Å². The molecule has 3 rings (SSSR count). The SMILES string of the molecule is CC1CN(C(=O)c2cccc(C(=O)O)c2C2CC2)CCN1C(=O)OC(C)(C)C. The van der Waals surface area contributed by atoms with Crippen LogP contribution in [0.3, 0.4) is 0 Å². The summed E-state index contributed by atoms with van der Waals surface area (Å²) in [5.74, 6) is -1.02. The molecular weight excluding hydrogens is 360 g/mol. The average molecular weight is 388 g/mol. The Balaban J connectivity index is 1.76. The van der Waals surface area contributed by atoms with Gasteiger partial charge in [-0.25, -0.2) is 9.59 Å². The molecule has 1 saturated heterocycles. The van der Waals surface area contributed by atoms with Gasteiger partial charge in [0.25, 0.3) is 5.91 Å². The number of nitrogens with zero attached hydrogens (tertiary/aromatic N) is 2. The maximum Gasteiger partial charge on any atom is 0.410 e. The predicted octanol–water partition coefficient (Wildman–Crippen LogP) is 3.34. The van der Waals surface area contributed by atoms with Crippen molar-refractivity contribution in [2.45, 2.75) is 58.1 Å². The largest absolute Gasteiger partial charge is 0.478 e. The van der Waals surface area contributed by atoms with Crippen molar-refractivity contribution in [1.82, 2.24) is 9.80 Å². The first-order valence-corrected chi connectivity index (χ1v) is 9.73. The third-order valence-corrected chi connectivity index (χ3v) is 5.10. The van der Waals surface area contributed by atoms with Crippen molar-refractivity contribution in [2.24, 2.45) is 0 Å². The summed E-state index contributed by atoms with van der Waals surface area (Å²) in [6.45, 7) is 8.53. The van der Waals surface area contributed by atoms with Gasteiger partial charge >= 0.3 is 12.1 Å². The monoisotopic (exact) mass is 388 g/mol. The number of benzene rings is 1. The van der Waals surface area contributed by atoms with E-state index in [4.69, 9.17) is 4.74 Å². The maximum absolute atomic E-state index is 13.2. The van der Waals surface area contributed by atoms with Gasteiger partial charge in [0, 0.05) is 31.2 Å². The van der Waals surface area contributed by atoms with E-state index in [1.807, 2.05) is 27.7 Å². The van der Waals surface area contributed by atoms with E-state index in [9.17, 15) is 19.5 Å². The summed E-state index contributed by atoms with van der Waals surface area (Å²) >= 11 is 0. The van der Waals surface area contributed by atoms with Gasteiger partial charge < -0.3 is 19.6 Å². The van der Waals surface area contributed by atoms with E-state index >= 15 is 0 Å². The lowest BCUT2D eigenvalue weighted by atomic mass is 9.95. The van der Waals surface area contributed by atoms with Gasteiger partial charge in [-0.05, 0) is 64.2 Å². The molecule has 7 nitrogen and oxygen atoms in total. The molecule has 0 aromatic heterocycles. The summed E-state index contributed by atoms with van der Waals surface area (Å²) in [5, 5.41) is 9.51. The summed E-state index contributed by atoms with van der Waals surface area (Å²) in [6, 6.07) is 4.73. The molecule has 1 aliphatic carbocycles. The Morgan fingerprint density at radius 3 is 2.29 bits per heavy atom. The second kappa shape index (κ2) is 7.45. The van der Waals surface area contributed by atoms with Gasteiger partial charge in [-0.3, -0.25) is 4.79 Å². The number of carboxylic acid groups (broad SMARTS) is 1. The minimum absolute atomic E-state index is 0.145. The fraction of sp³-hybridized carbons (Fsp3) is 0.571. The Hall–Kier alpha value is -2.57. The molecule has 0 spiro atoms. The fourth-order valence-electron chi connectivity index (χ4n) is 3.65. The second-order valence-electron chi connectivity index (χ2n) is 8.62. The molecule has 28 heavy (non-hydrogen) atoms. The van der Waals surface area contributed by atoms with Crippen molar-refractivity contribution in [3.05, 3.63) is 34.9 Å².